The Hall–Kier alpha value is -1.06. The van der Waals surface area contributed by atoms with Crippen molar-refractivity contribution >= 4 is 11.9 Å². The Morgan fingerprint density at radius 1 is 1.28 bits per heavy atom. The highest BCUT2D eigenvalue weighted by molar-refractivity contribution is 5.86. The van der Waals surface area contributed by atoms with Crippen LogP contribution in [0.3, 0.4) is 0 Å². The first-order chi connectivity index (χ1) is 8.39. The van der Waals surface area contributed by atoms with Gasteiger partial charge in [-0.05, 0) is 33.1 Å². The summed E-state index contributed by atoms with van der Waals surface area (Å²) in [6, 6.07) is 0. The minimum absolute atomic E-state index is 0.0307. The number of likely N-dealkylation sites (N-methyl/N-ethyl adjacent to an activating group) is 1. The molecule has 0 atom stereocenters. The highest BCUT2D eigenvalue weighted by Crippen LogP contribution is 2.29. The van der Waals surface area contributed by atoms with E-state index < -0.39 is 11.5 Å². The molecule has 0 heterocycles. The highest BCUT2D eigenvalue weighted by atomic mass is 16.4. The second-order valence-electron chi connectivity index (χ2n) is 5.69. The molecule has 0 bridgehead atoms. The fraction of sp³-hybridized carbons (Fsp3) is 0.857. The van der Waals surface area contributed by atoms with Crippen LogP contribution in [0.1, 0.15) is 59.3 Å². The van der Waals surface area contributed by atoms with Gasteiger partial charge < -0.3 is 10.0 Å². The molecule has 0 aliphatic heterocycles. The molecule has 1 saturated carbocycles. The van der Waals surface area contributed by atoms with Crippen molar-refractivity contribution in [1.29, 1.82) is 0 Å². The standard InChI is InChI=1S/C14H25NO3/c1-4-15(14(2,3)13(17)18)12(16)10-9-11-7-5-6-8-11/h11H,4-10H2,1-3H3,(H,17,18). The molecule has 0 unspecified atom stereocenters. The van der Waals surface area contributed by atoms with Gasteiger partial charge in [0.1, 0.15) is 5.54 Å². The van der Waals surface area contributed by atoms with Crippen LogP contribution in [0.4, 0.5) is 0 Å². The maximum absolute atomic E-state index is 12.1. The molecular weight excluding hydrogens is 230 g/mol. The van der Waals surface area contributed by atoms with Gasteiger partial charge in [-0.15, -0.1) is 0 Å². The van der Waals surface area contributed by atoms with Crippen LogP contribution in [0.2, 0.25) is 0 Å². The van der Waals surface area contributed by atoms with Crippen molar-refractivity contribution in [3.05, 3.63) is 0 Å². The molecule has 0 radical (unpaired) electrons. The predicted octanol–water partition coefficient (Wildman–Crippen LogP) is 2.67. The SMILES string of the molecule is CCN(C(=O)CCC1CCCC1)C(C)(C)C(=O)O. The van der Waals surface area contributed by atoms with E-state index in [1.807, 2.05) is 6.92 Å². The summed E-state index contributed by atoms with van der Waals surface area (Å²) in [5, 5.41) is 9.18. The van der Waals surface area contributed by atoms with Crippen LogP contribution in [0.5, 0.6) is 0 Å². The monoisotopic (exact) mass is 255 g/mol. The van der Waals surface area contributed by atoms with Crippen LogP contribution in [-0.2, 0) is 9.59 Å². The number of aliphatic carboxylic acids is 1. The van der Waals surface area contributed by atoms with Crippen molar-refractivity contribution < 1.29 is 14.7 Å². The van der Waals surface area contributed by atoms with Gasteiger partial charge >= 0.3 is 5.97 Å². The fourth-order valence-electron chi connectivity index (χ4n) is 2.76. The fourth-order valence-corrected chi connectivity index (χ4v) is 2.76. The quantitative estimate of drug-likeness (QED) is 0.793. The summed E-state index contributed by atoms with van der Waals surface area (Å²) in [5.74, 6) is -0.309. The van der Waals surface area contributed by atoms with Crippen LogP contribution >= 0.6 is 0 Å². The lowest BCUT2D eigenvalue weighted by Crippen LogP contribution is -2.52. The van der Waals surface area contributed by atoms with E-state index in [9.17, 15) is 14.7 Å². The lowest BCUT2D eigenvalue weighted by molar-refractivity contribution is -0.156. The Bertz CT molecular complexity index is 306. The van der Waals surface area contributed by atoms with Crippen LogP contribution in [-0.4, -0.2) is 34.0 Å². The minimum atomic E-state index is -1.11. The zero-order valence-electron chi connectivity index (χ0n) is 11.7. The van der Waals surface area contributed by atoms with E-state index in [2.05, 4.69) is 0 Å². The van der Waals surface area contributed by atoms with Crippen LogP contribution in [0, 0.1) is 5.92 Å². The molecule has 104 valence electrons. The molecule has 0 saturated heterocycles. The zero-order valence-corrected chi connectivity index (χ0v) is 11.7. The average Bonchev–Trinajstić information content (AvgIpc) is 2.79. The third-order valence-electron chi connectivity index (χ3n) is 4.06. The summed E-state index contributed by atoms with van der Waals surface area (Å²) in [6.45, 7) is 5.46. The zero-order chi connectivity index (χ0) is 13.8. The molecule has 1 aliphatic rings. The van der Waals surface area contributed by atoms with Gasteiger partial charge in [-0.2, -0.15) is 0 Å². The molecule has 1 N–H and O–H groups in total. The number of carbonyl (C=O) groups is 2. The molecule has 1 amide bonds. The first-order valence-electron chi connectivity index (χ1n) is 6.93. The molecule has 1 rings (SSSR count). The number of rotatable bonds is 6. The van der Waals surface area contributed by atoms with Crippen molar-refractivity contribution in [3.8, 4) is 0 Å². The number of carboxylic acid groups (broad SMARTS) is 1. The highest BCUT2D eigenvalue weighted by Gasteiger charge is 2.36. The van der Waals surface area contributed by atoms with Crippen LogP contribution in [0.25, 0.3) is 0 Å². The minimum Gasteiger partial charge on any atom is -0.480 e. The molecule has 4 heteroatoms. The van der Waals surface area contributed by atoms with Gasteiger partial charge in [0.25, 0.3) is 0 Å². The summed E-state index contributed by atoms with van der Waals surface area (Å²) in [6.07, 6.45) is 6.39. The molecular formula is C14H25NO3. The van der Waals surface area contributed by atoms with Crippen molar-refractivity contribution in [2.75, 3.05) is 6.54 Å². The molecule has 1 fully saturated rings. The van der Waals surface area contributed by atoms with Crippen molar-refractivity contribution in [3.63, 3.8) is 0 Å². The number of nitrogens with zero attached hydrogens (tertiary/aromatic N) is 1. The van der Waals surface area contributed by atoms with Crippen LogP contribution < -0.4 is 0 Å². The maximum atomic E-state index is 12.1. The molecule has 0 aromatic heterocycles. The third-order valence-corrected chi connectivity index (χ3v) is 4.06. The first kappa shape index (κ1) is 15.0. The van der Waals surface area contributed by atoms with E-state index in [0.717, 1.165) is 6.42 Å². The van der Waals surface area contributed by atoms with E-state index in [1.165, 1.54) is 30.6 Å². The summed E-state index contributed by atoms with van der Waals surface area (Å²) in [7, 11) is 0. The lowest BCUT2D eigenvalue weighted by Gasteiger charge is -2.34. The summed E-state index contributed by atoms with van der Waals surface area (Å²) in [5.41, 5.74) is -1.11. The number of carbonyl (C=O) groups excluding carboxylic acids is 1. The molecule has 0 spiro atoms. The Labute approximate surface area is 109 Å². The Morgan fingerprint density at radius 2 is 1.83 bits per heavy atom. The molecule has 4 nitrogen and oxygen atoms in total. The third kappa shape index (κ3) is 3.47. The number of hydrogen-bond donors (Lipinski definition) is 1. The Kier molecular flexibility index (Phi) is 5.17. The second-order valence-corrected chi connectivity index (χ2v) is 5.69. The lowest BCUT2D eigenvalue weighted by atomic mass is 9.98. The predicted molar refractivity (Wildman–Crippen MR) is 70.3 cm³/mol. The van der Waals surface area contributed by atoms with E-state index in [0.29, 0.717) is 18.9 Å². The van der Waals surface area contributed by atoms with Crippen molar-refractivity contribution in [2.24, 2.45) is 5.92 Å². The Balaban J connectivity index is 2.53. The molecule has 18 heavy (non-hydrogen) atoms. The smallest absolute Gasteiger partial charge is 0.329 e. The van der Waals surface area contributed by atoms with Gasteiger partial charge in [0, 0.05) is 13.0 Å². The molecule has 0 aromatic carbocycles. The largest absolute Gasteiger partial charge is 0.480 e. The number of amides is 1. The van der Waals surface area contributed by atoms with E-state index in [-0.39, 0.29) is 5.91 Å². The Morgan fingerprint density at radius 3 is 2.28 bits per heavy atom. The average molecular weight is 255 g/mol. The van der Waals surface area contributed by atoms with Crippen molar-refractivity contribution in [2.45, 2.75) is 64.8 Å². The topological polar surface area (TPSA) is 57.6 Å². The summed E-state index contributed by atoms with van der Waals surface area (Å²) in [4.78, 5) is 24.8. The van der Waals surface area contributed by atoms with Gasteiger partial charge in [0.2, 0.25) is 5.91 Å². The van der Waals surface area contributed by atoms with Gasteiger partial charge in [-0.25, -0.2) is 4.79 Å². The molecule has 0 aromatic rings. The summed E-state index contributed by atoms with van der Waals surface area (Å²) >= 11 is 0. The van der Waals surface area contributed by atoms with Gasteiger partial charge in [0.05, 0.1) is 0 Å². The van der Waals surface area contributed by atoms with E-state index >= 15 is 0 Å². The van der Waals surface area contributed by atoms with Crippen LogP contribution in [0.15, 0.2) is 0 Å². The normalized spacial score (nSPS) is 16.8. The first-order valence-corrected chi connectivity index (χ1v) is 6.93. The summed E-state index contributed by atoms with van der Waals surface area (Å²) < 4.78 is 0. The van der Waals surface area contributed by atoms with Gasteiger partial charge in [0.15, 0.2) is 0 Å². The van der Waals surface area contributed by atoms with Gasteiger partial charge in [-0.1, -0.05) is 25.7 Å². The molecule has 1 aliphatic carbocycles. The maximum Gasteiger partial charge on any atom is 0.329 e. The number of hydrogen-bond acceptors (Lipinski definition) is 2. The van der Waals surface area contributed by atoms with E-state index in [1.54, 1.807) is 13.8 Å². The van der Waals surface area contributed by atoms with Crippen molar-refractivity contribution in [1.82, 2.24) is 4.90 Å². The van der Waals surface area contributed by atoms with Gasteiger partial charge in [-0.3, -0.25) is 4.79 Å². The van der Waals surface area contributed by atoms with E-state index in [4.69, 9.17) is 0 Å². The number of carboxylic acids is 1. The second kappa shape index (κ2) is 6.21.